The molecule has 5 unspecified atom stereocenters. The number of carboxylic acid groups (broad SMARTS) is 1. The summed E-state index contributed by atoms with van der Waals surface area (Å²) in [6.45, 7) is 18.2. The fourth-order valence-corrected chi connectivity index (χ4v) is 9.01. The van der Waals surface area contributed by atoms with Gasteiger partial charge in [-0.15, -0.1) is 0 Å². The molecular weight excluding hydrogens is 929 g/mol. The number of fused-ring (bicyclic) bond motifs is 1. The van der Waals surface area contributed by atoms with Crippen molar-refractivity contribution < 1.29 is 79.0 Å². The first-order chi connectivity index (χ1) is 33.3. The molecule has 5 aliphatic rings. The molecule has 17 atom stereocenters. The van der Waals surface area contributed by atoms with Crippen LogP contribution in [-0.2, 0) is 38.1 Å². The standard InChI is InChI=1S/C13H21N3O3.C13H22O4.C13H20O3.C10H15N3O6/c1-7(2)8(3)10-5-9(13(18)19-4)6-11(12(10)17)15-16-14;1-7(2)8(3)10-5-9(13(16)17-4)6-11(14)12(10)15;1-7(2)8(3)10-5-9(13(14)15-4)6-11-12(10)16-11;11-13-12-6-2-4(10(18)19)1-5(8(6)16)9(17)7(15)3-14/h5,7-8,10-12,17H,6H2,1-4H3;5,7-8,10-12,14-15H,6H2,1-4H3;5,7-8,10-12H,6H2,1-4H3;1,5-9,14-17H,2-3H2,(H,18,19)/t2*8?,10-,11+,12+;8?,10-,11-,12+;5-,6-,7?,8-,9?/m0001/s1. The Hall–Kier alpha value is -4.86. The zero-order valence-corrected chi connectivity index (χ0v) is 42.9. The molecule has 22 nitrogen and oxygen atoms in total. The summed E-state index contributed by atoms with van der Waals surface area (Å²) in [5.41, 5.74) is 18.5. The van der Waals surface area contributed by atoms with E-state index in [-0.39, 0.29) is 60.6 Å². The average Bonchev–Trinajstić information content (AvgIpc) is 4.14. The van der Waals surface area contributed by atoms with E-state index in [1.165, 1.54) is 21.3 Å². The number of aliphatic carboxylic acids is 1. The molecular formula is C49H78N6O16. The molecule has 0 spiro atoms. The van der Waals surface area contributed by atoms with Gasteiger partial charge in [-0.05, 0) is 59.4 Å². The Balaban J connectivity index is 0.000000325. The summed E-state index contributed by atoms with van der Waals surface area (Å²) in [6.07, 6.45) is 1.35. The van der Waals surface area contributed by atoms with Crippen molar-refractivity contribution in [1.29, 1.82) is 0 Å². The van der Waals surface area contributed by atoms with E-state index < -0.39 is 79.1 Å². The Morgan fingerprint density at radius 2 is 0.972 bits per heavy atom. The molecule has 0 radical (unpaired) electrons. The first-order valence-electron chi connectivity index (χ1n) is 24.0. The van der Waals surface area contributed by atoms with E-state index in [4.69, 9.17) is 35.5 Å². The normalized spacial score (nSPS) is 30.7. The van der Waals surface area contributed by atoms with Crippen LogP contribution in [0.15, 0.2) is 56.8 Å². The van der Waals surface area contributed by atoms with Gasteiger partial charge < -0.3 is 59.8 Å². The molecule has 4 aliphatic carbocycles. The van der Waals surface area contributed by atoms with Crippen LogP contribution in [0.4, 0.5) is 0 Å². The molecule has 1 fully saturated rings. The van der Waals surface area contributed by atoms with Crippen LogP contribution in [0.25, 0.3) is 20.9 Å². The number of hydrogen-bond acceptors (Lipinski definition) is 17. The highest BCUT2D eigenvalue weighted by Gasteiger charge is 2.50. The van der Waals surface area contributed by atoms with Gasteiger partial charge in [0.25, 0.3) is 0 Å². The third kappa shape index (κ3) is 17.1. The Kier molecular flexibility index (Phi) is 25.4. The fourth-order valence-electron chi connectivity index (χ4n) is 9.01. The minimum absolute atomic E-state index is 0.128. The largest absolute Gasteiger partial charge is 0.478 e. The van der Waals surface area contributed by atoms with Gasteiger partial charge in [-0.25, -0.2) is 19.2 Å². The molecule has 71 heavy (non-hydrogen) atoms. The van der Waals surface area contributed by atoms with Crippen LogP contribution in [0.5, 0.6) is 0 Å². The van der Waals surface area contributed by atoms with Crippen LogP contribution in [-0.4, -0.2) is 154 Å². The molecule has 1 saturated heterocycles. The third-order valence-corrected chi connectivity index (χ3v) is 14.6. The molecule has 0 amide bonds. The van der Waals surface area contributed by atoms with Crippen molar-refractivity contribution in [3.05, 3.63) is 67.5 Å². The lowest BCUT2D eigenvalue weighted by Crippen LogP contribution is -2.47. The predicted octanol–water partition coefficient (Wildman–Crippen LogP) is 4.49. The van der Waals surface area contributed by atoms with Crippen molar-refractivity contribution >= 4 is 23.9 Å². The number of aliphatic hydroxyl groups is 7. The molecule has 5 rings (SSSR count). The van der Waals surface area contributed by atoms with Crippen LogP contribution in [0.1, 0.15) is 88.0 Å². The molecule has 0 aromatic rings. The lowest BCUT2D eigenvalue weighted by atomic mass is 9.74. The van der Waals surface area contributed by atoms with E-state index in [2.05, 4.69) is 79.3 Å². The summed E-state index contributed by atoms with van der Waals surface area (Å²) in [6, 6.07) is -1.66. The fraction of sp³-hybridized carbons (Fsp3) is 0.755. The number of ether oxygens (including phenoxy) is 4. The summed E-state index contributed by atoms with van der Waals surface area (Å²) < 4.78 is 19.8. The molecule has 22 heteroatoms. The number of epoxide rings is 1. The van der Waals surface area contributed by atoms with Crippen LogP contribution in [0.2, 0.25) is 0 Å². The number of rotatable bonds is 15. The van der Waals surface area contributed by atoms with E-state index in [9.17, 15) is 49.8 Å². The lowest BCUT2D eigenvalue weighted by molar-refractivity contribution is -0.138. The van der Waals surface area contributed by atoms with Crippen LogP contribution < -0.4 is 0 Å². The number of esters is 3. The first-order valence-corrected chi connectivity index (χ1v) is 24.0. The molecule has 0 bridgehead atoms. The maximum absolute atomic E-state index is 11.7. The summed E-state index contributed by atoms with van der Waals surface area (Å²) in [7, 11) is 4.07. The smallest absolute Gasteiger partial charge is 0.333 e. The summed E-state index contributed by atoms with van der Waals surface area (Å²) in [4.78, 5) is 50.9. The molecule has 400 valence electrons. The minimum atomic E-state index is -1.56. The van der Waals surface area contributed by atoms with E-state index >= 15 is 0 Å². The highest BCUT2D eigenvalue weighted by Crippen LogP contribution is 2.45. The zero-order chi connectivity index (χ0) is 54.2. The maximum Gasteiger partial charge on any atom is 0.333 e. The maximum atomic E-state index is 11.7. The summed E-state index contributed by atoms with van der Waals surface area (Å²) in [5.74, 6) is -1.27. The minimum Gasteiger partial charge on any atom is -0.478 e. The Bertz CT molecular complexity index is 2030. The molecule has 0 aromatic carbocycles. The highest BCUT2D eigenvalue weighted by atomic mass is 16.6. The van der Waals surface area contributed by atoms with Gasteiger partial charge in [0.05, 0.1) is 82.7 Å². The van der Waals surface area contributed by atoms with Crippen molar-refractivity contribution in [3.63, 3.8) is 0 Å². The van der Waals surface area contributed by atoms with Crippen molar-refractivity contribution in [1.82, 2.24) is 0 Å². The number of hydrogen-bond donors (Lipinski definition) is 8. The average molecular weight is 1010 g/mol. The molecule has 1 aliphatic heterocycles. The number of carbonyl (C=O) groups excluding carboxylic acids is 3. The van der Waals surface area contributed by atoms with Gasteiger partial charge in [0.2, 0.25) is 0 Å². The second-order valence-electron chi connectivity index (χ2n) is 19.9. The Labute approximate surface area is 415 Å². The van der Waals surface area contributed by atoms with Gasteiger partial charge in [0.15, 0.2) is 0 Å². The monoisotopic (exact) mass is 1010 g/mol. The van der Waals surface area contributed by atoms with Gasteiger partial charge in [-0.2, -0.15) is 0 Å². The van der Waals surface area contributed by atoms with Crippen molar-refractivity contribution in [2.75, 3.05) is 27.9 Å². The second kappa shape index (κ2) is 29.0. The van der Waals surface area contributed by atoms with E-state index in [0.717, 1.165) is 18.1 Å². The summed E-state index contributed by atoms with van der Waals surface area (Å²) >= 11 is 0. The van der Waals surface area contributed by atoms with Crippen molar-refractivity contribution in [2.24, 2.45) is 69.4 Å². The van der Waals surface area contributed by atoms with Gasteiger partial charge in [0.1, 0.15) is 6.10 Å². The highest BCUT2D eigenvalue weighted by molar-refractivity contribution is 5.90. The third-order valence-electron chi connectivity index (χ3n) is 14.6. The Morgan fingerprint density at radius 3 is 1.38 bits per heavy atom. The molecule has 1 heterocycles. The van der Waals surface area contributed by atoms with Crippen LogP contribution in [0.3, 0.4) is 0 Å². The number of azide groups is 2. The molecule has 8 N–H and O–H groups in total. The Morgan fingerprint density at radius 1 is 0.606 bits per heavy atom. The SMILES string of the molecule is COC(=O)C1=C[C@@H](C(C)C(C)C)[C@@H](O)[C@H](N=[N+]=[N-])C1.COC(=O)C1=C[C@@H](C(C)C(C)C)[C@@H](O)[C@H](O)C1.COC(=O)C1=C[C@@H](C(C)C(C)C)[C@H]2O[C@H]2C1.[N-]=[N+]=N[C@@H]1CC(C(=O)O)=C[C@@H](C(O)C(O)CO)[C@H]1O. The van der Waals surface area contributed by atoms with Gasteiger partial charge >= 0.3 is 23.9 Å². The van der Waals surface area contributed by atoms with E-state index in [1.807, 2.05) is 13.8 Å². The van der Waals surface area contributed by atoms with Crippen molar-refractivity contribution in [3.8, 4) is 0 Å². The van der Waals surface area contributed by atoms with Gasteiger partial charge in [0, 0.05) is 68.6 Å². The predicted molar refractivity (Wildman–Crippen MR) is 258 cm³/mol. The number of nitrogens with zero attached hydrogens (tertiary/aromatic N) is 6. The van der Waals surface area contributed by atoms with Gasteiger partial charge in [-0.1, -0.05) is 96.8 Å². The van der Waals surface area contributed by atoms with Crippen molar-refractivity contribution in [2.45, 2.75) is 149 Å². The second-order valence-corrected chi connectivity index (χ2v) is 19.9. The van der Waals surface area contributed by atoms with E-state index in [1.54, 1.807) is 12.2 Å². The molecule has 0 saturated carbocycles. The van der Waals surface area contributed by atoms with E-state index in [0.29, 0.717) is 46.8 Å². The lowest BCUT2D eigenvalue weighted by Gasteiger charge is -2.35. The number of aliphatic hydroxyl groups excluding tert-OH is 7. The zero-order valence-electron chi connectivity index (χ0n) is 42.9. The quantitative estimate of drug-likeness (QED) is 0.0280. The number of methoxy groups -OCH3 is 3. The van der Waals surface area contributed by atoms with Gasteiger partial charge in [-0.3, -0.25) is 0 Å². The number of carboxylic acids is 1. The summed E-state index contributed by atoms with van der Waals surface area (Å²) in [5, 5.41) is 83.7. The first kappa shape index (κ1) is 62.3. The van der Waals surface area contributed by atoms with Crippen LogP contribution >= 0.6 is 0 Å². The number of carbonyl (C=O) groups is 4. The molecule has 0 aromatic heterocycles. The topological polar surface area (TPSA) is 368 Å². The van der Waals surface area contributed by atoms with Crippen LogP contribution in [0, 0.1) is 59.2 Å².